The van der Waals surface area contributed by atoms with Gasteiger partial charge in [0.05, 0.1) is 13.2 Å². The summed E-state index contributed by atoms with van der Waals surface area (Å²) in [6, 6.07) is 7.00. The monoisotopic (exact) mass is 283 g/mol. The minimum absolute atomic E-state index is 0.0568. The van der Waals surface area contributed by atoms with Gasteiger partial charge in [0.1, 0.15) is 6.04 Å². The highest BCUT2D eigenvalue weighted by molar-refractivity contribution is 6.30. The van der Waals surface area contributed by atoms with Gasteiger partial charge in [-0.3, -0.25) is 9.69 Å². The van der Waals surface area contributed by atoms with Gasteiger partial charge >= 0.3 is 0 Å². The third kappa shape index (κ3) is 3.25. The summed E-state index contributed by atoms with van der Waals surface area (Å²) >= 11 is 5.89. The maximum Gasteiger partial charge on any atom is 0.237 e. The second-order valence-electron chi connectivity index (χ2n) is 4.53. The lowest BCUT2D eigenvalue weighted by atomic mass is 10.0. The van der Waals surface area contributed by atoms with Crippen molar-refractivity contribution in [3.63, 3.8) is 0 Å². The minimum atomic E-state index is -0.432. The summed E-state index contributed by atoms with van der Waals surface area (Å²) in [4.78, 5) is 13.5. The Hall–Kier alpha value is -1.14. The topological polar surface area (TPSA) is 81.6 Å². The van der Waals surface area contributed by atoms with Crippen LogP contribution in [0.3, 0.4) is 0 Å². The van der Waals surface area contributed by atoms with Crippen LogP contribution in [0.4, 0.5) is 0 Å². The number of ether oxygens (including phenoxy) is 1. The van der Waals surface area contributed by atoms with Crippen molar-refractivity contribution in [1.82, 2.24) is 4.90 Å². The maximum absolute atomic E-state index is 11.5. The molecule has 1 fully saturated rings. The molecule has 2 rings (SSSR count). The molecule has 19 heavy (non-hydrogen) atoms. The summed E-state index contributed by atoms with van der Waals surface area (Å²) in [5.41, 5.74) is 12.3. The molecule has 1 saturated heterocycles. The average molecular weight is 284 g/mol. The van der Waals surface area contributed by atoms with Crippen molar-refractivity contribution in [2.45, 2.75) is 12.1 Å². The van der Waals surface area contributed by atoms with Gasteiger partial charge in [-0.25, -0.2) is 0 Å². The van der Waals surface area contributed by atoms with E-state index in [1.54, 1.807) is 0 Å². The van der Waals surface area contributed by atoms with Gasteiger partial charge < -0.3 is 16.2 Å². The predicted molar refractivity (Wildman–Crippen MR) is 73.8 cm³/mol. The number of benzene rings is 1. The summed E-state index contributed by atoms with van der Waals surface area (Å²) in [5, 5.41) is 0.674. The Kier molecular flexibility index (Phi) is 4.76. The second kappa shape index (κ2) is 6.34. The molecule has 0 saturated carbocycles. The van der Waals surface area contributed by atoms with E-state index in [9.17, 15) is 4.79 Å². The van der Waals surface area contributed by atoms with E-state index >= 15 is 0 Å². The molecule has 1 aromatic carbocycles. The van der Waals surface area contributed by atoms with E-state index in [1.165, 1.54) is 0 Å². The zero-order chi connectivity index (χ0) is 13.8. The van der Waals surface area contributed by atoms with E-state index in [2.05, 4.69) is 0 Å². The van der Waals surface area contributed by atoms with Crippen LogP contribution < -0.4 is 11.5 Å². The number of primary amides is 1. The van der Waals surface area contributed by atoms with Crippen molar-refractivity contribution in [3.8, 4) is 0 Å². The lowest BCUT2D eigenvalue weighted by molar-refractivity contribution is -0.131. The Bertz CT molecular complexity index is 438. The molecule has 104 valence electrons. The molecule has 1 heterocycles. The number of carbonyl (C=O) groups is 1. The number of morpholine rings is 1. The van der Waals surface area contributed by atoms with Crippen LogP contribution in [-0.4, -0.2) is 43.2 Å². The van der Waals surface area contributed by atoms with E-state index in [1.807, 2.05) is 29.2 Å². The van der Waals surface area contributed by atoms with Gasteiger partial charge in [-0.15, -0.1) is 0 Å². The first-order valence-electron chi connectivity index (χ1n) is 6.22. The summed E-state index contributed by atoms with van der Waals surface area (Å²) in [6.45, 7) is 1.94. The Morgan fingerprint density at radius 2 is 2.16 bits per heavy atom. The Morgan fingerprint density at radius 1 is 1.47 bits per heavy atom. The summed E-state index contributed by atoms with van der Waals surface area (Å²) < 4.78 is 5.32. The number of hydrogen-bond acceptors (Lipinski definition) is 4. The molecule has 1 amide bonds. The highest BCUT2D eigenvalue weighted by Crippen LogP contribution is 2.25. The van der Waals surface area contributed by atoms with Gasteiger partial charge in [-0.2, -0.15) is 0 Å². The lowest BCUT2D eigenvalue weighted by Crippen LogP contribution is -2.54. The van der Waals surface area contributed by atoms with Gasteiger partial charge in [-0.05, 0) is 17.7 Å². The number of hydrogen-bond donors (Lipinski definition) is 2. The molecule has 0 aromatic heterocycles. The molecule has 6 heteroatoms. The molecule has 0 bridgehead atoms. The molecule has 1 aliphatic rings. The highest BCUT2D eigenvalue weighted by Gasteiger charge is 2.33. The fourth-order valence-corrected chi connectivity index (χ4v) is 2.51. The zero-order valence-electron chi connectivity index (χ0n) is 10.6. The Morgan fingerprint density at radius 3 is 2.74 bits per heavy atom. The number of amides is 1. The number of rotatable bonds is 4. The Labute approximate surface area is 117 Å². The summed E-state index contributed by atoms with van der Waals surface area (Å²) in [5.74, 6) is -0.382. The maximum atomic E-state index is 11.5. The molecule has 2 unspecified atom stereocenters. The van der Waals surface area contributed by atoms with E-state index in [0.717, 1.165) is 5.56 Å². The Balaban J connectivity index is 2.24. The average Bonchev–Trinajstić information content (AvgIpc) is 2.42. The molecule has 1 aliphatic heterocycles. The largest absolute Gasteiger partial charge is 0.378 e. The third-order valence-corrected chi connectivity index (χ3v) is 3.63. The van der Waals surface area contributed by atoms with Crippen molar-refractivity contribution < 1.29 is 9.53 Å². The fraction of sp³-hybridized carbons (Fsp3) is 0.462. The fourth-order valence-electron chi connectivity index (χ4n) is 2.38. The predicted octanol–water partition coefficient (Wildman–Crippen LogP) is 0.526. The van der Waals surface area contributed by atoms with Crippen LogP contribution >= 0.6 is 11.6 Å². The van der Waals surface area contributed by atoms with Crippen molar-refractivity contribution in [2.24, 2.45) is 11.5 Å². The smallest absolute Gasteiger partial charge is 0.237 e. The van der Waals surface area contributed by atoms with Crippen molar-refractivity contribution in [2.75, 3.05) is 26.3 Å². The van der Waals surface area contributed by atoms with Crippen molar-refractivity contribution >= 4 is 17.5 Å². The SMILES string of the molecule is NCC(c1ccc(Cl)cc1)N1CCOCC1C(N)=O. The zero-order valence-corrected chi connectivity index (χ0v) is 11.3. The quantitative estimate of drug-likeness (QED) is 0.844. The van der Waals surface area contributed by atoms with Gasteiger partial charge in [0.15, 0.2) is 0 Å². The third-order valence-electron chi connectivity index (χ3n) is 3.38. The van der Waals surface area contributed by atoms with Crippen LogP contribution in [0.15, 0.2) is 24.3 Å². The highest BCUT2D eigenvalue weighted by atomic mass is 35.5. The molecule has 2 atom stereocenters. The van der Waals surface area contributed by atoms with Gasteiger partial charge in [0, 0.05) is 24.2 Å². The van der Waals surface area contributed by atoms with E-state index in [0.29, 0.717) is 31.3 Å². The van der Waals surface area contributed by atoms with Crippen LogP contribution in [0, 0.1) is 0 Å². The molecule has 0 aliphatic carbocycles. The first-order valence-corrected chi connectivity index (χ1v) is 6.59. The van der Waals surface area contributed by atoms with Crippen LogP contribution in [-0.2, 0) is 9.53 Å². The molecular weight excluding hydrogens is 266 g/mol. The van der Waals surface area contributed by atoms with Crippen LogP contribution in [0.1, 0.15) is 11.6 Å². The van der Waals surface area contributed by atoms with E-state index in [-0.39, 0.29) is 11.9 Å². The molecular formula is C13H18ClN3O2. The van der Waals surface area contributed by atoms with Crippen molar-refractivity contribution in [1.29, 1.82) is 0 Å². The first kappa shape index (κ1) is 14.3. The standard InChI is InChI=1S/C13H18ClN3O2/c14-10-3-1-9(2-4-10)11(7-15)17-5-6-19-8-12(17)13(16)18/h1-4,11-12H,5-8,15H2,(H2,16,18). The van der Waals surface area contributed by atoms with Gasteiger partial charge in [0.2, 0.25) is 5.91 Å². The number of nitrogens with zero attached hydrogens (tertiary/aromatic N) is 1. The second-order valence-corrected chi connectivity index (χ2v) is 4.97. The van der Waals surface area contributed by atoms with E-state index in [4.69, 9.17) is 27.8 Å². The van der Waals surface area contributed by atoms with Crippen molar-refractivity contribution in [3.05, 3.63) is 34.9 Å². The lowest BCUT2D eigenvalue weighted by Gasteiger charge is -2.39. The molecule has 1 aromatic rings. The molecule has 0 radical (unpaired) electrons. The first-order chi connectivity index (χ1) is 9.13. The molecule has 4 N–H and O–H groups in total. The number of halogens is 1. The van der Waals surface area contributed by atoms with Crippen LogP contribution in [0.25, 0.3) is 0 Å². The summed E-state index contributed by atoms with van der Waals surface area (Å²) in [6.07, 6.45) is 0. The van der Waals surface area contributed by atoms with Gasteiger partial charge in [0.25, 0.3) is 0 Å². The minimum Gasteiger partial charge on any atom is -0.378 e. The number of nitrogens with two attached hydrogens (primary N) is 2. The molecule has 0 spiro atoms. The molecule has 5 nitrogen and oxygen atoms in total. The summed E-state index contributed by atoms with van der Waals surface area (Å²) in [7, 11) is 0. The van der Waals surface area contributed by atoms with Gasteiger partial charge in [-0.1, -0.05) is 23.7 Å². The normalized spacial score (nSPS) is 22.1. The van der Waals surface area contributed by atoms with E-state index < -0.39 is 6.04 Å². The van der Waals surface area contributed by atoms with Crippen LogP contribution in [0.2, 0.25) is 5.02 Å². The van der Waals surface area contributed by atoms with Crippen LogP contribution in [0.5, 0.6) is 0 Å². The number of carbonyl (C=O) groups excluding carboxylic acids is 1.